The molecule has 0 aromatic heterocycles. The number of carbonyl (C=O) groups excluding carboxylic acids is 1. The zero-order chi connectivity index (χ0) is 17.5. The Kier molecular flexibility index (Phi) is 7.35. The maximum absolute atomic E-state index is 12.0. The number of methoxy groups -OCH3 is 1. The molecule has 0 aliphatic carbocycles. The van der Waals surface area contributed by atoms with Crippen LogP contribution in [0.4, 0.5) is 5.69 Å². The number of hydrogen-bond acceptors (Lipinski definition) is 4. The number of carbonyl (C=O) groups is 1. The SMILES string of the molecule is CCN(CC)C(=O)CCCN(c1ccc(OC)cc1)S(C)(=O)=O. The molecule has 0 heterocycles. The molecule has 0 aliphatic rings. The summed E-state index contributed by atoms with van der Waals surface area (Å²) in [4.78, 5) is 13.7. The molecule has 0 aliphatic heterocycles. The third kappa shape index (κ3) is 5.74. The van der Waals surface area contributed by atoms with E-state index in [1.807, 2.05) is 13.8 Å². The summed E-state index contributed by atoms with van der Waals surface area (Å²) in [5.41, 5.74) is 0.573. The van der Waals surface area contributed by atoms with E-state index in [0.29, 0.717) is 37.4 Å². The van der Waals surface area contributed by atoms with Gasteiger partial charge in [-0.2, -0.15) is 0 Å². The lowest BCUT2D eigenvalue weighted by Gasteiger charge is -2.23. The number of rotatable bonds is 9. The van der Waals surface area contributed by atoms with Crippen LogP contribution in [-0.2, 0) is 14.8 Å². The van der Waals surface area contributed by atoms with Gasteiger partial charge in [-0.3, -0.25) is 9.10 Å². The Hall–Kier alpha value is -1.76. The average Bonchev–Trinajstić information content (AvgIpc) is 2.52. The summed E-state index contributed by atoms with van der Waals surface area (Å²) >= 11 is 0. The molecule has 0 atom stereocenters. The summed E-state index contributed by atoms with van der Waals surface area (Å²) in [7, 11) is -1.84. The minimum absolute atomic E-state index is 0.0539. The molecule has 0 bridgehead atoms. The second-order valence-electron chi connectivity index (χ2n) is 5.20. The zero-order valence-corrected chi connectivity index (χ0v) is 15.1. The van der Waals surface area contributed by atoms with Gasteiger partial charge in [0.15, 0.2) is 0 Å². The van der Waals surface area contributed by atoms with Gasteiger partial charge in [0.2, 0.25) is 15.9 Å². The number of hydrogen-bond donors (Lipinski definition) is 0. The van der Waals surface area contributed by atoms with Gasteiger partial charge in [0.25, 0.3) is 0 Å². The molecule has 130 valence electrons. The minimum Gasteiger partial charge on any atom is -0.497 e. The number of sulfonamides is 1. The van der Waals surface area contributed by atoms with E-state index in [1.54, 1.807) is 36.3 Å². The van der Waals surface area contributed by atoms with Crippen molar-refractivity contribution in [2.45, 2.75) is 26.7 Å². The first-order valence-corrected chi connectivity index (χ1v) is 9.57. The first-order chi connectivity index (χ1) is 10.8. The Morgan fingerprint density at radius 3 is 2.13 bits per heavy atom. The molecule has 23 heavy (non-hydrogen) atoms. The highest BCUT2D eigenvalue weighted by Gasteiger charge is 2.18. The number of benzene rings is 1. The van der Waals surface area contributed by atoms with Crippen LogP contribution in [0.5, 0.6) is 5.75 Å². The molecule has 0 unspecified atom stereocenters. The van der Waals surface area contributed by atoms with Crippen LogP contribution in [0.1, 0.15) is 26.7 Å². The van der Waals surface area contributed by atoms with Crippen molar-refractivity contribution in [3.63, 3.8) is 0 Å². The van der Waals surface area contributed by atoms with E-state index in [2.05, 4.69) is 0 Å². The fraction of sp³-hybridized carbons (Fsp3) is 0.562. The Morgan fingerprint density at radius 2 is 1.70 bits per heavy atom. The molecule has 0 saturated heterocycles. The van der Waals surface area contributed by atoms with Crippen molar-refractivity contribution in [1.29, 1.82) is 0 Å². The smallest absolute Gasteiger partial charge is 0.232 e. The van der Waals surface area contributed by atoms with Gasteiger partial charge < -0.3 is 9.64 Å². The molecule has 6 nitrogen and oxygen atoms in total. The summed E-state index contributed by atoms with van der Waals surface area (Å²) in [6, 6.07) is 6.83. The summed E-state index contributed by atoms with van der Waals surface area (Å²) in [6.07, 6.45) is 1.99. The highest BCUT2D eigenvalue weighted by molar-refractivity contribution is 7.92. The standard InChI is InChI=1S/C16H26N2O4S/c1-5-17(6-2)16(19)8-7-13-18(23(4,20)21)14-9-11-15(22-3)12-10-14/h9-12H,5-8,13H2,1-4H3. The van der Waals surface area contributed by atoms with Crippen molar-refractivity contribution in [2.24, 2.45) is 0 Å². The van der Waals surface area contributed by atoms with Crippen molar-refractivity contribution in [1.82, 2.24) is 4.90 Å². The number of anilines is 1. The quantitative estimate of drug-likeness (QED) is 0.689. The maximum Gasteiger partial charge on any atom is 0.232 e. The van der Waals surface area contributed by atoms with E-state index >= 15 is 0 Å². The highest BCUT2D eigenvalue weighted by Crippen LogP contribution is 2.22. The number of amides is 1. The Morgan fingerprint density at radius 1 is 1.13 bits per heavy atom. The summed E-state index contributed by atoms with van der Waals surface area (Å²) in [5.74, 6) is 0.720. The molecule has 0 radical (unpaired) electrons. The molecular formula is C16H26N2O4S. The second kappa shape index (κ2) is 8.76. The highest BCUT2D eigenvalue weighted by atomic mass is 32.2. The van der Waals surface area contributed by atoms with Crippen LogP contribution < -0.4 is 9.04 Å². The van der Waals surface area contributed by atoms with Crippen molar-refractivity contribution >= 4 is 21.6 Å². The van der Waals surface area contributed by atoms with Gasteiger partial charge in [0.1, 0.15) is 5.75 Å². The summed E-state index contributed by atoms with van der Waals surface area (Å²) in [5, 5.41) is 0. The Labute approximate surface area is 139 Å². The molecule has 7 heteroatoms. The molecule has 1 rings (SSSR count). The van der Waals surface area contributed by atoms with Gasteiger partial charge in [-0.05, 0) is 44.5 Å². The molecule has 1 aromatic carbocycles. The van der Waals surface area contributed by atoms with Crippen LogP contribution in [0, 0.1) is 0 Å². The molecular weight excluding hydrogens is 316 g/mol. The first-order valence-electron chi connectivity index (χ1n) is 7.73. The van der Waals surface area contributed by atoms with Gasteiger partial charge in [-0.15, -0.1) is 0 Å². The van der Waals surface area contributed by atoms with Crippen molar-refractivity contribution in [2.75, 3.05) is 37.3 Å². The fourth-order valence-corrected chi connectivity index (χ4v) is 3.31. The molecule has 0 saturated carbocycles. The van der Waals surface area contributed by atoms with Crippen LogP contribution in [-0.4, -0.2) is 52.2 Å². The first kappa shape index (κ1) is 19.3. The monoisotopic (exact) mass is 342 g/mol. The lowest BCUT2D eigenvalue weighted by atomic mass is 10.2. The number of ether oxygens (including phenoxy) is 1. The minimum atomic E-state index is -3.40. The zero-order valence-electron chi connectivity index (χ0n) is 14.3. The van der Waals surface area contributed by atoms with Gasteiger partial charge in [0, 0.05) is 26.1 Å². The van der Waals surface area contributed by atoms with Crippen LogP contribution in [0.2, 0.25) is 0 Å². The normalized spacial score (nSPS) is 11.1. The predicted molar refractivity (Wildman–Crippen MR) is 92.3 cm³/mol. The lowest BCUT2D eigenvalue weighted by molar-refractivity contribution is -0.130. The van der Waals surface area contributed by atoms with Crippen LogP contribution in [0.15, 0.2) is 24.3 Å². The Bertz CT molecular complexity index is 595. The van der Waals surface area contributed by atoms with Gasteiger partial charge >= 0.3 is 0 Å². The molecule has 1 aromatic rings. The van der Waals surface area contributed by atoms with E-state index in [4.69, 9.17) is 4.74 Å². The average molecular weight is 342 g/mol. The van der Waals surface area contributed by atoms with Crippen LogP contribution in [0.25, 0.3) is 0 Å². The molecule has 0 N–H and O–H groups in total. The number of nitrogens with zero attached hydrogens (tertiary/aromatic N) is 2. The third-order valence-electron chi connectivity index (χ3n) is 3.63. The molecule has 0 fully saturated rings. The van der Waals surface area contributed by atoms with Crippen molar-refractivity contribution in [3.8, 4) is 5.75 Å². The van der Waals surface area contributed by atoms with Crippen molar-refractivity contribution < 1.29 is 17.9 Å². The van der Waals surface area contributed by atoms with E-state index in [-0.39, 0.29) is 12.5 Å². The van der Waals surface area contributed by atoms with E-state index in [0.717, 1.165) is 0 Å². The summed E-state index contributed by atoms with van der Waals surface area (Å²) in [6.45, 7) is 5.48. The van der Waals surface area contributed by atoms with Gasteiger partial charge in [-0.25, -0.2) is 8.42 Å². The molecule has 1 amide bonds. The van der Waals surface area contributed by atoms with Crippen LogP contribution in [0.3, 0.4) is 0 Å². The van der Waals surface area contributed by atoms with Gasteiger partial charge in [-0.1, -0.05) is 0 Å². The lowest BCUT2D eigenvalue weighted by Crippen LogP contribution is -2.33. The fourth-order valence-electron chi connectivity index (χ4n) is 2.34. The summed E-state index contributed by atoms with van der Waals surface area (Å²) < 4.78 is 30.4. The van der Waals surface area contributed by atoms with Crippen LogP contribution >= 0.6 is 0 Å². The van der Waals surface area contributed by atoms with E-state index < -0.39 is 10.0 Å². The van der Waals surface area contributed by atoms with E-state index in [1.165, 1.54) is 10.6 Å². The molecule has 0 spiro atoms. The predicted octanol–water partition coefficient (Wildman–Crippen LogP) is 2.11. The topological polar surface area (TPSA) is 66.9 Å². The largest absolute Gasteiger partial charge is 0.497 e. The second-order valence-corrected chi connectivity index (χ2v) is 7.11. The third-order valence-corrected chi connectivity index (χ3v) is 4.82. The van der Waals surface area contributed by atoms with Gasteiger partial charge in [0.05, 0.1) is 19.1 Å². The Balaban J connectivity index is 2.75. The van der Waals surface area contributed by atoms with Crippen molar-refractivity contribution in [3.05, 3.63) is 24.3 Å². The van der Waals surface area contributed by atoms with E-state index in [9.17, 15) is 13.2 Å². The maximum atomic E-state index is 12.0.